The van der Waals surface area contributed by atoms with Crippen molar-refractivity contribution in [2.24, 2.45) is 5.73 Å². The average Bonchev–Trinajstić information content (AvgIpc) is 2.65. The SMILES string of the molecule is Cc1cccc2c1CN(C(CC(N)=O)C(=O)O)C2=O. The number of hydrogen-bond donors (Lipinski definition) is 2. The molecule has 1 aromatic carbocycles. The summed E-state index contributed by atoms with van der Waals surface area (Å²) in [6.45, 7) is 2.06. The highest BCUT2D eigenvalue weighted by atomic mass is 16.4. The van der Waals surface area contributed by atoms with Gasteiger partial charge in [-0.05, 0) is 24.1 Å². The number of rotatable bonds is 4. The molecule has 0 aliphatic carbocycles. The van der Waals surface area contributed by atoms with Gasteiger partial charge in [0.05, 0.1) is 6.42 Å². The lowest BCUT2D eigenvalue weighted by Crippen LogP contribution is -2.43. The van der Waals surface area contributed by atoms with Gasteiger partial charge in [0.25, 0.3) is 5.91 Å². The Bertz CT molecular complexity index is 568. The number of benzene rings is 1. The molecule has 1 heterocycles. The topological polar surface area (TPSA) is 101 Å². The molecule has 0 saturated carbocycles. The molecule has 19 heavy (non-hydrogen) atoms. The molecule has 0 saturated heterocycles. The van der Waals surface area contributed by atoms with Crippen molar-refractivity contribution in [1.29, 1.82) is 0 Å². The molecule has 6 heteroatoms. The van der Waals surface area contributed by atoms with E-state index in [4.69, 9.17) is 10.8 Å². The highest BCUT2D eigenvalue weighted by Gasteiger charge is 2.37. The van der Waals surface area contributed by atoms with Gasteiger partial charge < -0.3 is 15.7 Å². The molecule has 100 valence electrons. The second kappa shape index (κ2) is 4.72. The Kier molecular flexibility index (Phi) is 3.25. The quantitative estimate of drug-likeness (QED) is 0.813. The number of carboxylic acids is 1. The van der Waals surface area contributed by atoms with Gasteiger partial charge in [0.2, 0.25) is 5.91 Å². The highest BCUT2D eigenvalue weighted by Crippen LogP contribution is 2.28. The third kappa shape index (κ3) is 2.29. The first-order chi connectivity index (χ1) is 8.91. The van der Waals surface area contributed by atoms with E-state index in [1.165, 1.54) is 4.90 Å². The molecule has 0 spiro atoms. The zero-order chi connectivity index (χ0) is 14.2. The fraction of sp³-hybridized carbons (Fsp3) is 0.308. The number of nitrogens with two attached hydrogens (primary N) is 1. The van der Waals surface area contributed by atoms with E-state index < -0.39 is 17.9 Å². The molecular weight excluding hydrogens is 248 g/mol. The van der Waals surface area contributed by atoms with E-state index in [1.807, 2.05) is 13.0 Å². The maximum absolute atomic E-state index is 12.2. The third-order valence-electron chi connectivity index (χ3n) is 3.29. The zero-order valence-electron chi connectivity index (χ0n) is 10.4. The van der Waals surface area contributed by atoms with Crippen LogP contribution in [0.15, 0.2) is 18.2 Å². The number of fused-ring (bicyclic) bond motifs is 1. The molecule has 1 atom stereocenters. The predicted molar refractivity (Wildman–Crippen MR) is 66.3 cm³/mol. The number of primary amides is 1. The highest BCUT2D eigenvalue weighted by molar-refractivity contribution is 6.01. The van der Waals surface area contributed by atoms with Gasteiger partial charge in [-0.15, -0.1) is 0 Å². The number of nitrogens with zero attached hydrogens (tertiary/aromatic N) is 1. The number of hydrogen-bond acceptors (Lipinski definition) is 3. The van der Waals surface area contributed by atoms with Crippen LogP contribution >= 0.6 is 0 Å². The summed E-state index contributed by atoms with van der Waals surface area (Å²) in [7, 11) is 0. The summed E-state index contributed by atoms with van der Waals surface area (Å²) in [6, 6.07) is 4.06. The maximum atomic E-state index is 12.2. The molecule has 1 aromatic rings. The van der Waals surface area contributed by atoms with Crippen molar-refractivity contribution >= 4 is 17.8 Å². The molecule has 2 rings (SSSR count). The summed E-state index contributed by atoms with van der Waals surface area (Å²) in [5.41, 5.74) is 7.27. The summed E-state index contributed by atoms with van der Waals surface area (Å²) < 4.78 is 0. The van der Waals surface area contributed by atoms with Gasteiger partial charge in [-0.25, -0.2) is 4.79 Å². The predicted octanol–water partition coefficient (Wildman–Crippen LogP) is 0.279. The second-order valence-corrected chi connectivity index (χ2v) is 4.56. The fourth-order valence-electron chi connectivity index (χ4n) is 2.28. The Morgan fingerprint density at radius 1 is 1.47 bits per heavy atom. The van der Waals surface area contributed by atoms with Crippen LogP contribution in [-0.2, 0) is 16.1 Å². The Labute approximate surface area is 109 Å². The molecule has 0 radical (unpaired) electrons. The van der Waals surface area contributed by atoms with Crippen LogP contribution in [-0.4, -0.2) is 33.8 Å². The van der Waals surface area contributed by atoms with Crippen LogP contribution in [0.3, 0.4) is 0 Å². The molecule has 1 unspecified atom stereocenters. The monoisotopic (exact) mass is 262 g/mol. The average molecular weight is 262 g/mol. The van der Waals surface area contributed by atoms with E-state index in [0.29, 0.717) is 5.56 Å². The van der Waals surface area contributed by atoms with Gasteiger partial charge in [-0.1, -0.05) is 12.1 Å². The Balaban J connectivity index is 2.34. The number of amides is 2. The minimum atomic E-state index is -1.22. The largest absolute Gasteiger partial charge is 0.480 e. The lowest BCUT2D eigenvalue weighted by molar-refractivity contribution is -0.144. The Morgan fingerprint density at radius 3 is 2.68 bits per heavy atom. The molecule has 0 bridgehead atoms. The molecular formula is C13H14N2O4. The van der Waals surface area contributed by atoms with Gasteiger partial charge in [-0.2, -0.15) is 0 Å². The van der Waals surface area contributed by atoms with Crippen molar-refractivity contribution in [3.63, 3.8) is 0 Å². The lowest BCUT2D eigenvalue weighted by atomic mass is 10.1. The fourth-order valence-corrected chi connectivity index (χ4v) is 2.28. The molecule has 6 nitrogen and oxygen atoms in total. The van der Waals surface area contributed by atoms with Crippen LogP contribution in [0.2, 0.25) is 0 Å². The summed E-state index contributed by atoms with van der Waals surface area (Å²) in [5, 5.41) is 9.15. The summed E-state index contributed by atoms with van der Waals surface area (Å²) in [5.74, 6) is -2.34. The molecule has 0 aromatic heterocycles. The first kappa shape index (κ1) is 13.1. The minimum absolute atomic E-state index is 0.199. The number of carbonyl (C=O) groups excluding carboxylic acids is 2. The Morgan fingerprint density at radius 2 is 2.16 bits per heavy atom. The first-order valence-corrected chi connectivity index (χ1v) is 5.82. The van der Waals surface area contributed by atoms with Crippen LogP contribution in [0, 0.1) is 6.92 Å². The van der Waals surface area contributed by atoms with Crippen molar-refractivity contribution in [1.82, 2.24) is 4.90 Å². The summed E-state index contributed by atoms with van der Waals surface area (Å²) in [6.07, 6.45) is -0.381. The third-order valence-corrected chi connectivity index (χ3v) is 3.29. The van der Waals surface area contributed by atoms with Gasteiger partial charge in [0, 0.05) is 12.1 Å². The molecule has 1 aliphatic heterocycles. The number of aliphatic carboxylic acids is 1. The van der Waals surface area contributed by atoms with Crippen molar-refractivity contribution in [2.75, 3.05) is 0 Å². The first-order valence-electron chi connectivity index (χ1n) is 5.82. The second-order valence-electron chi connectivity index (χ2n) is 4.56. The molecule has 0 fully saturated rings. The van der Waals surface area contributed by atoms with Crippen molar-refractivity contribution in [2.45, 2.75) is 25.9 Å². The van der Waals surface area contributed by atoms with Crippen molar-refractivity contribution in [3.05, 3.63) is 34.9 Å². The van der Waals surface area contributed by atoms with Gasteiger partial charge in [0.1, 0.15) is 6.04 Å². The normalized spacial score (nSPS) is 15.2. The van der Waals surface area contributed by atoms with E-state index in [9.17, 15) is 14.4 Å². The molecule has 1 aliphatic rings. The van der Waals surface area contributed by atoms with Gasteiger partial charge in [-0.3, -0.25) is 9.59 Å². The number of aryl methyl sites for hydroxylation is 1. The number of carboxylic acid groups (broad SMARTS) is 1. The molecule has 2 amide bonds. The van der Waals surface area contributed by atoms with Crippen LogP contribution in [0.4, 0.5) is 0 Å². The summed E-state index contributed by atoms with van der Waals surface area (Å²) >= 11 is 0. The van der Waals surface area contributed by atoms with Crippen molar-refractivity contribution < 1.29 is 19.5 Å². The smallest absolute Gasteiger partial charge is 0.326 e. The van der Waals surface area contributed by atoms with Crippen LogP contribution in [0.5, 0.6) is 0 Å². The maximum Gasteiger partial charge on any atom is 0.326 e. The minimum Gasteiger partial charge on any atom is -0.480 e. The van der Waals surface area contributed by atoms with E-state index in [2.05, 4.69) is 0 Å². The van der Waals surface area contributed by atoms with Crippen LogP contribution in [0.1, 0.15) is 27.9 Å². The van der Waals surface area contributed by atoms with Crippen molar-refractivity contribution in [3.8, 4) is 0 Å². The molecule has 3 N–H and O–H groups in total. The van der Waals surface area contributed by atoms with Crippen LogP contribution < -0.4 is 5.73 Å². The Hall–Kier alpha value is -2.37. The van der Waals surface area contributed by atoms with E-state index in [0.717, 1.165) is 11.1 Å². The number of carbonyl (C=O) groups is 3. The summed E-state index contributed by atoms with van der Waals surface area (Å²) in [4.78, 5) is 35.5. The lowest BCUT2D eigenvalue weighted by Gasteiger charge is -2.23. The van der Waals surface area contributed by atoms with Gasteiger partial charge >= 0.3 is 5.97 Å². The van der Waals surface area contributed by atoms with Gasteiger partial charge in [0.15, 0.2) is 0 Å². The van der Waals surface area contributed by atoms with E-state index in [1.54, 1.807) is 12.1 Å². The van der Waals surface area contributed by atoms with E-state index in [-0.39, 0.29) is 18.9 Å². The van der Waals surface area contributed by atoms with Crippen LogP contribution in [0.25, 0.3) is 0 Å². The zero-order valence-corrected chi connectivity index (χ0v) is 10.4. The standard InChI is InChI=1S/C13H14N2O4/c1-7-3-2-4-8-9(7)6-15(12(8)17)10(13(18)19)5-11(14)16/h2-4,10H,5-6H2,1H3,(H2,14,16)(H,18,19). The van der Waals surface area contributed by atoms with E-state index >= 15 is 0 Å².